The molecule has 244 valence electrons. The van der Waals surface area contributed by atoms with Gasteiger partial charge in [0, 0.05) is 18.8 Å². The van der Waals surface area contributed by atoms with Gasteiger partial charge in [-0.1, -0.05) is 103 Å². The first-order valence-electron chi connectivity index (χ1n) is 17.9. The van der Waals surface area contributed by atoms with Gasteiger partial charge in [-0.2, -0.15) is 4.39 Å². The van der Waals surface area contributed by atoms with Crippen LogP contribution in [-0.4, -0.2) is 35.1 Å². The minimum atomic E-state index is -2.23. The summed E-state index contributed by atoms with van der Waals surface area (Å²) in [6.07, 6.45) is 19.7. The van der Waals surface area contributed by atoms with Gasteiger partial charge in [0.15, 0.2) is 5.78 Å². The molecule has 0 heterocycles. The van der Waals surface area contributed by atoms with Crippen molar-refractivity contribution in [2.45, 2.75) is 168 Å². The molecule has 0 amide bonds. The maximum absolute atomic E-state index is 15.1. The molecule has 0 bridgehead atoms. The second kappa shape index (κ2) is 15.6. The zero-order valence-electron chi connectivity index (χ0n) is 27.3. The zero-order valence-corrected chi connectivity index (χ0v) is 27.3. The molecule has 0 spiro atoms. The van der Waals surface area contributed by atoms with Crippen LogP contribution < -0.4 is 0 Å². The number of hydrogen-bond acceptors (Lipinski definition) is 5. The minimum Gasteiger partial charge on any atom is -0.423 e. The summed E-state index contributed by atoms with van der Waals surface area (Å²) in [7, 11) is 0. The number of unbranched alkanes of at least 4 members (excludes halogenated alkanes) is 12. The third-order valence-corrected chi connectivity index (χ3v) is 12.2. The van der Waals surface area contributed by atoms with Gasteiger partial charge in [-0.25, -0.2) is 0 Å². The van der Waals surface area contributed by atoms with Gasteiger partial charge in [0.05, 0.1) is 6.10 Å². The lowest BCUT2D eigenvalue weighted by molar-refractivity contribution is -0.172. The van der Waals surface area contributed by atoms with Crippen molar-refractivity contribution in [3.8, 4) is 0 Å². The fraction of sp³-hybridized carbons (Fsp3) is 0.865. The van der Waals surface area contributed by atoms with E-state index >= 15 is 4.39 Å². The fourth-order valence-electron chi connectivity index (χ4n) is 9.83. The van der Waals surface area contributed by atoms with Crippen molar-refractivity contribution in [1.82, 2.24) is 0 Å². The van der Waals surface area contributed by atoms with Gasteiger partial charge in [-0.15, -0.1) is 0 Å². The molecule has 0 radical (unpaired) electrons. The number of ether oxygens (including phenoxy) is 1. The Morgan fingerprint density at radius 1 is 0.930 bits per heavy atom. The largest absolute Gasteiger partial charge is 0.423 e. The van der Waals surface area contributed by atoms with Crippen LogP contribution in [0, 0.1) is 34.5 Å². The Balaban J connectivity index is 1.17. The monoisotopic (exact) mass is 602 g/mol. The highest BCUT2D eigenvalue weighted by Crippen LogP contribution is 2.66. The molecular weight excluding hydrogens is 543 g/mol. The molecule has 0 aromatic carbocycles. The molecular formula is C37H59FO5. The lowest BCUT2D eigenvalue weighted by atomic mass is 9.46. The molecule has 8 atom stereocenters. The number of esters is 1. The normalized spacial score (nSPS) is 34.1. The molecule has 3 saturated carbocycles. The molecule has 3 fully saturated rings. The topological polar surface area (TPSA) is 80.7 Å². The smallest absolute Gasteiger partial charge is 0.308 e. The highest BCUT2D eigenvalue weighted by Gasteiger charge is 2.63. The minimum absolute atomic E-state index is 0.0619. The summed E-state index contributed by atoms with van der Waals surface area (Å²) in [5.41, 5.74) is 0.481. The van der Waals surface area contributed by atoms with Gasteiger partial charge >= 0.3 is 5.97 Å². The van der Waals surface area contributed by atoms with Crippen molar-refractivity contribution < 1.29 is 28.6 Å². The summed E-state index contributed by atoms with van der Waals surface area (Å²) in [5.74, 6) is -1.08. The van der Waals surface area contributed by atoms with Crippen molar-refractivity contribution in [3.05, 3.63) is 11.6 Å². The SMILES string of the molecule is CCCCCCCCCCCCCCCC(=O)OC(F)C(=O)[C@H]1CC[C@H]2[C@@H]3CCC4=CC(=O)CC[C@]4(C)[C@H]3[C@@H](O)C[C@]12C. The van der Waals surface area contributed by atoms with Crippen molar-refractivity contribution in [3.63, 3.8) is 0 Å². The molecule has 4 aliphatic carbocycles. The van der Waals surface area contributed by atoms with E-state index in [1.54, 1.807) is 0 Å². The Labute approximate surface area is 260 Å². The Hall–Kier alpha value is -1.56. The molecule has 4 aliphatic rings. The Morgan fingerprint density at radius 3 is 2.16 bits per heavy atom. The van der Waals surface area contributed by atoms with Gasteiger partial charge < -0.3 is 9.84 Å². The lowest BCUT2D eigenvalue weighted by Crippen LogP contribution is -2.57. The molecule has 1 unspecified atom stereocenters. The molecule has 6 heteroatoms. The van der Waals surface area contributed by atoms with Crippen LogP contribution in [0.25, 0.3) is 0 Å². The second-order valence-corrected chi connectivity index (χ2v) is 15.0. The summed E-state index contributed by atoms with van der Waals surface area (Å²) in [6, 6.07) is 0. The number of alkyl halides is 1. The number of ketones is 2. The highest BCUT2D eigenvalue weighted by atomic mass is 19.1. The van der Waals surface area contributed by atoms with Crippen molar-refractivity contribution >= 4 is 17.5 Å². The van der Waals surface area contributed by atoms with Crippen LogP contribution in [-0.2, 0) is 19.1 Å². The van der Waals surface area contributed by atoms with Crippen LogP contribution in [0.3, 0.4) is 0 Å². The number of hydrogen-bond donors (Lipinski definition) is 1. The standard InChI is InChI=1S/C37H59FO5/c1-4-5-6-7-8-9-10-11-12-13-14-15-16-17-32(41)43-35(38)34(42)30-21-20-29-28-19-18-26-24-27(39)22-23-36(26,2)33(28)31(40)25-37(29,30)3/h24,28-31,33,35,40H,4-23,25H2,1-3H3/t28-,29-,30+,31-,33+,35?,36-,37-/m0/s1. The third-order valence-electron chi connectivity index (χ3n) is 12.2. The number of aliphatic hydroxyl groups excluding tert-OH is 1. The first-order valence-corrected chi connectivity index (χ1v) is 17.9. The Kier molecular flexibility index (Phi) is 12.5. The van der Waals surface area contributed by atoms with Crippen molar-refractivity contribution in [2.75, 3.05) is 0 Å². The number of carbonyl (C=O) groups excluding carboxylic acids is 3. The average Bonchev–Trinajstić information content (AvgIpc) is 3.31. The molecule has 43 heavy (non-hydrogen) atoms. The molecule has 5 nitrogen and oxygen atoms in total. The first-order chi connectivity index (χ1) is 20.6. The lowest BCUT2D eigenvalue weighted by Gasteiger charge is -2.59. The number of allylic oxidation sites excluding steroid dienone is 1. The summed E-state index contributed by atoms with van der Waals surface area (Å²) in [4.78, 5) is 37.8. The van der Waals surface area contributed by atoms with Gasteiger partial charge in [0.25, 0.3) is 6.36 Å². The van der Waals surface area contributed by atoms with E-state index in [2.05, 4.69) is 13.8 Å². The van der Waals surface area contributed by atoms with Crippen LogP contribution in [0.2, 0.25) is 0 Å². The predicted molar refractivity (Wildman–Crippen MR) is 168 cm³/mol. The summed E-state index contributed by atoms with van der Waals surface area (Å²) in [5, 5.41) is 11.5. The van der Waals surface area contributed by atoms with Gasteiger partial charge in [-0.05, 0) is 79.6 Å². The van der Waals surface area contributed by atoms with E-state index in [4.69, 9.17) is 4.74 Å². The number of fused-ring (bicyclic) bond motifs is 5. The van der Waals surface area contributed by atoms with E-state index in [-0.39, 0.29) is 35.4 Å². The van der Waals surface area contributed by atoms with E-state index in [1.807, 2.05) is 13.0 Å². The highest BCUT2D eigenvalue weighted by molar-refractivity contribution is 5.91. The fourth-order valence-corrected chi connectivity index (χ4v) is 9.83. The van der Waals surface area contributed by atoms with Crippen LogP contribution in [0.1, 0.15) is 156 Å². The molecule has 0 aromatic heterocycles. The maximum Gasteiger partial charge on any atom is 0.308 e. The van der Waals surface area contributed by atoms with E-state index in [0.29, 0.717) is 25.7 Å². The second-order valence-electron chi connectivity index (χ2n) is 15.0. The first kappa shape index (κ1) is 34.3. The van der Waals surface area contributed by atoms with Gasteiger partial charge in [0.1, 0.15) is 0 Å². The predicted octanol–water partition coefficient (Wildman–Crippen LogP) is 8.99. The molecule has 0 aromatic rings. The Morgan fingerprint density at radius 2 is 1.53 bits per heavy atom. The number of halogens is 1. The molecule has 0 aliphatic heterocycles. The van der Waals surface area contributed by atoms with E-state index in [1.165, 1.54) is 69.8 Å². The van der Waals surface area contributed by atoms with Crippen LogP contribution in [0.4, 0.5) is 4.39 Å². The van der Waals surface area contributed by atoms with Crippen molar-refractivity contribution in [1.29, 1.82) is 0 Å². The Bertz CT molecular complexity index is 991. The van der Waals surface area contributed by atoms with Crippen LogP contribution >= 0.6 is 0 Å². The maximum atomic E-state index is 15.1. The molecule has 0 saturated heterocycles. The summed E-state index contributed by atoms with van der Waals surface area (Å²) in [6.45, 7) is 6.50. The van der Waals surface area contributed by atoms with Crippen LogP contribution in [0.5, 0.6) is 0 Å². The number of rotatable bonds is 17. The zero-order chi connectivity index (χ0) is 31.0. The number of carbonyl (C=O) groups is 3. The third kappa shape index (κ3) is 8.00. The number of Topliss-reactive ketones (excluding diaryl/α,β-unsaturated/α-hetero) is 1. The van der Waals surface area contributed by atoms with Crippen LogP contribution in [0.15, 0.2) is 11.6 Å². The van der Waals surface area contributed by atoms with E-state index < -0.39 is 35.5 Å². The molecule has 4 rings (SSSR count). The molecule has 1 N–H and O–H groups in total. The van der Waals surface area contributed by atoms with E-state index in [0.717, 1.165) is 38.5 Å². The van der Waals surface area contributed by atoms with Gasteiger partial charge in [0.2, 0.25) is 5.78 Å². The quantitative estimate of drug-likeness (QED) is 0.133. The van der Waals surface area contributed by atoms with Crippen molar-refractivity contribution in [2.24, 2.45) is 34.5 Å². The summed E-state index contributed by atoms with van der Waals surface area (Å²) >= 11 is 0. The van der Waals surface area contributed by atoms with E-state index in [9.17, 15) is 19.5 Å². The average molecular weight is 603 g/mol. The number of aliphatic hydroxyl groups is 1. The van der Waals surface area contributed by atoms with Gasteiger partial charge in [-0.3, -0.25) is 14.4 Å². The summed E-state index contributed by atoms with van der Waals surface area (Å²) < 4.78 is 20.2.